The lowest BCUT2D eigenvalue weighted by molar-refractivity contribution is -0.118. The van der Waals surface area contributed by atoms with Crippen molar-refractivity contribution in [1.29, 1.82) is 0 Å². The van der Waals surface area contributed by atoms with E-state index < -0.39 is 17.7 Å². The van der Waals surface area contributed by atoms with Gasteiger partial charge in [-0.15, -0.1) is 0 Å². The number of amides is 1. The van der Waals surface area contributed by atoms with Crippen LogP contribution in [0.3, 0.4) is 0 Å². The number of Topliss-reactive ketones (excluding diaryl/α,β-unsaturated/α-hetero) is 1. The number of nitrogens with zero attached hydrogens (tertiary/aromatic N) is 1. The number of carbonyl (C=O) groups excluding carboxylic acids is 2. The summed E-state index contributed by atoms with van der Waals surface area (Å²) in [6.45, 7) is 5.94. The number of hydrogen-bond donors (Lipinski definition) is 1. The molecule has 0 aliphatic carbocycles. The summed E-state index contributed by atoms with van der Waals surface area (Å²) < 4.78 is 5.33. The Balaban J connectivity index is 2.13. The molecule has 0 fully saturated rings. The molecular formula is C24H27NO4. The highest BCUT2D eigenvalue weighted by Gasteiger charge is 2.44. The lowest BCUT2D eigenvalue weighted by Crippen LogP contribution is -2.31. The molecule has 1 atom stereocenters. The molecule has 1 aliphatic heterocycles. The van der Waals surface area contributed by atoms with Crippen LogP contribution in [0, 0.1) is 5.92 Å². The van der Waals surface area contributed by atoms with E-state index in [0.29, 0.717) is 17.0 Å². The Morgan fingerprint density at radius 3 is 2.45 bits per heavy atom. The molecule has 2 aromatic rings. The van der Waals surface area contributed by atoms with Gasteiger partial charge in [0, 0.05) is 12.1 Å². The van der Waals surface area contributed by atoms with Gasteiger partial charge < -0.3 is 9.84 Å². The second-order valence-corrected chi connectivity index (χ2v) is 7.66. The summed E-state index contributed by atoms with van der Waals surface area (Å²) in [5.74, 6) is -0.511. The summed E-state index contributed by atoms with van der Waals surface area (Å²) in [7, 11) is 1.57. The number of benzene rings is 2. The molecule has 0 saturated carbocycles. The molecule has 1 unspecified atom stereocenters. The van der Waals surface area contributed by atoms with Crippen molar-refractivity contribution >= 4 is 17.4 Å². The van der Waals surface area contributed by atoms with E-state index in [1.165, 1.54) is 4.90 Å². The van der Waals surface area contributed by atoms with E-state index in [4.69, 9.17) is 4.74 Å². The van der Waals surface area contributed by atoms with Gasteiger partial charge in [0.2, 0.25) is 0 Å². The van der Waals surface area contributed by atoms with E-state index in [9.17, 15) is 14.7 Å². The zero-order valence-electron chi connectivity index (χ0n) is 17.3. The summed E-state index contributed by atoms with van der Waals surface area (Å²) in [6, 6.07) is 14.2. The van der Waals surface area contributed by atoms with Gasteiger partial charge in [-0.1, -0.05) is 45.0 Å². The van der Waals surface area contributed by atoms with E-state index in [2.05, 4.69) is 6.92 Å². The van der Waals surface area contributed by atoms with Gasteiger partial charge in [-0.05, 0) is 47.7 Å². The van der Waals surface area contributed by atoms with Crippen molar-refractivity contribution in [2.24, 2.45) is 5.92 Å². The molecule has 0 spiro atoms. The molecule has 152 valence electrons. The minimum atomic E-state index is -0.698. The van der Waals surface area contributed by atoms with Crippen LogP contribution in [-0.2, 0) is 16.0 Å². The Hall–Kier alpha value is -3.08. The maximum Gasteiger partial charge on any atom is 0.294 e. The van der Waals surface area contributed by atoms with Gasteiger partial charge in [-0.25, -0.2) is 0 Å². The predicted octanol–water partition coefficient (Wildman–Crippen LogP) is 4.77. The molecule has 0 bridgehead atoms. The molecule has 0 aromatic heterocycles. The Morgan fingerprint density at radius 2 is 1.86 bits per heavy atom. The van der Waals surface area contributed by atoms with Crippen molar-refractivity contribution in [2.45, 2.75) is 39.7 Å². The van der Waals surface area contributed by atoms with Gasteiger partial charge in [0.25, 0.3) is 5.91 Å². The molecule has 1 N–H and O–H groups in total. The number of ether oxygens (including phenoxy) is 1. The first-order valence-electron chi connectivity index (χ1n) is 9.90. The summed E-state index contributed by atoms with van der Waals surface area (Å²) >= 11 is 0. The Labute approximate surface area is 171 Å². The molecule has 3 rings (SSSR count). The fourth-order valence-electron chi connectivity index (χ4n) is 3.66. The van der Waals surface area contributed by atoms with Crippen LogP contribution < -0.4 is 9.64 Å². The summed E-state index contributed by atoms with van der Waals surface area (Å²) in [5, 5.41) is 10.7. The number of carbonyl (C=O) groups is 2. The zero-order chi connectivity index (χ0) is 21.1. The molecule has 0 saturated heterocycles. The third-order valence-electron chi connectivity index (χ3n) is 5.13. The molecule has 1 amide bonds. The van der Waals surface area contributed by atoms with E-state index >= 15 is 0 Å². The van der Waals surface area contributed by atoms with E-state index in [-0.39, 0.29) is 23.7 Å². The highest BCUT2D eigenvalue weighted by molar-refractivity contribution is 6.16. The maximum absolute atomic E-state index is 13.0. The Bertz CT molecular complexity index is 944. The number of anilines is 1. The number of aliphatic hydroxyl groups excluding tert-OH is 1. The van der Waals surface area contributed by atoms with Gasteiger partial charge in [-0.2, -0.15) is 0 Å². The third-order valence-corrected chi connectivity index (χ3v) is 5.13. The lowest BCUT2D eigenvalue weighted by atomic mass is 9.92. The van der Waals surface area contributed by atoms with Gasteiger partial charge in [-0.3, -0.25) is 14.5 Å². The zero-order valence-corrected chi connectivity index (χ0v) is 17.3. The summed E-state index contributed by atoms with van der Waals surface area (Å²) in [4.78, 5) is 27.5. The topological polar surface area (TPSA) is 66.8 Å². The van der Waals surface area contributed by atoms with Crippen molar-refractivity contribution < 1.29 is 19.4 Å². The highest BCUT2D eigenvalue weighted by Crippen LogP contribution is 2.42. The first-order valence-corrected chi connectivity index (χ1v) is 9.90. The number of aliphatic hydroxyl groups is 1. The van der Waals surface area contributed by atoms with Gasteiger partial charge in [0.1, 0.15) is 5.75 Å². The van der Waals surface area contributed by atoms with Crippen LogP contribution in [0.5, 0.6) is 5.75 Å². The first-order chi connectivity index (χ1) is 13.9. The molecule has 2 aromatic carbocycles. The van der Waals surface area contributed by atoms with Crippen molar-refractivity contribution in [3.63, 3.8) is 0 Å². The van der Waals surface area contributed by atoms with Crippen LogP contribution >= 0.6 is 0 Å². The fourth-order valence-corrected chi connectivity index (χ4v) is 3.66. The predicted molar refractivity (Wildman–Crippen MR) is 113 cm³/mol. The molecule has 1 heterocycles. The number of ketones is 1. The van der Waals surface area contributed by atoms with Gasteiger partial charge in [0.05, 0.1) is 18.7 Å². The maximum atomic E-state index is 13.0. The van der Waals surface area contributed by atoms with Crippen LogP contribution in [0.15, 0.2) is 59.9 Å². The quantitative estimate of drug-likeness (QED) is 0.736. The molecule has 1 aliphatic rings. The Morgan fingerprint density at radius 1 is 1.17 bits per heavy atom. The number of methoxy groups -OCH3 is 1. The van der Waals surface area contributed by atoms with Crippen LogP contribution in [0.1, 0.15) is 44.4 Å². The van der Waals surface area contributed by atoms with Gasteiger partial charge in [0.15, 0.2) is 11.5 Å². The van der Waals surface area contributed by atoms with Crippen molar-refractivity contribution in [3.8, 4) is 5.75 Å². The number of hydrogen-bond acceptors (Lipinski definition) is 4. The number of rotatable bonds is 7. The van der Waals surface area contributed by atoms with Crippen molar-refractivity contribution in [1.82, 2.24) is 0 Å². The van der Waals surface area contributed by atoms with Crippen LogP contribution in [0.25, 0.3) is 0 Å². The average Bonchev–Trinajstić information content (AvgIpc) is 2.98. The minimum Gasteiger partial charge on any atom is -0.503 e. The normalized spacial score (nSPS) is 16.7. The van der Waals surface area contributed by atoms with Crippen LogP contribution in [-0.4, -0.2) is 23.9 Å². The molecule has 29 heavy (non-hydrogen) atoms. The summed E-state index contributed by atoms with van der Waals surface area (Å²) in [6.07, 6.45) is 1.14. The summed E-state index contributed by atoms with van der Waals surface area (Å²) in [5.41, 5.74) is 2.65. The van der Waals surface area contributed by atoms with Crippen LogP contribution in [0.2, 0.25) is 0 Å². The smallest absolute Gasteiger partial charge is 0.294 e. The standard InChI is InChI=1S/C24H27NO4/c1-5-16-9-11-18(12-10-16)25-22(17-7-6-8-19(14-17)29-4)21(23(27)24(25)28)20(26)13-15(2)3/h6-12,14-15,22,27H,5,13H2,1-4H3. The first kappa shape index (κ1) is 20.6. The largest absolute Gasteiger partial charge is 0.503 e. The van der Waals surface area contributed by atoms with E-state index in [1.54, 1.807) is 19.2 Å². The SMILES string of the molecule is CCc1ccc(N2C(=O)C(O)=C(C(=O)CC(C)C)C2c2cccc(OC)c2)cc1. The van der Waals surface area contributed by atoms with Gasteiger partial charge >= 0.3 is 0 Å². The van der Waals surface area contributed by atoms with Crippen LogP contribution in [0.4, 0.5) is 5.69 Å². The van der Waals surface area contributed by atoms with Crippen molar-refractivity contribution in [3.05, 3.63) is 71.0 Å². The molecule has 5 nitrogen and oxygen atoms in total. The Kier molecular flexibility index (Phi) is 6.06. The minimum absolute atomic E-state index is 0.113. The molecule has 5 heteroatoms. The second-order valence-electron chi connectivity index (χ2n) is 7.66. The van der Waals surface area contributed by atoms with E-state index in [1.807, 2.05) is 50.2 Å². The monoisotopic (exact) mass is 393 g/mol. The van der Waals surface area contributed by atoms with E-state index in [0.717, 1.165) is 12.0 Å². The lowest BCUT2D eigenvalue weighted by Gasteiger charge is -2.27. The fraction of sp³-hybridized carbons (Fsp3) is 0.333. The average molecular weight is 393 g/mol. The second kappa shape index (κ2) is 8.52. The highest BCUT2D eigenvalue weighted by atomic mass is 16.5. The molecule has 0 radical (unpaired) electrons. The third kappa shape index (κ3) is 4.04. The number of aryl methyl sites for hydroxylation is 1. The molecular weight excluding hydrogens is 366 g/mol. The van der Waals surface area contributed by atoms with Crippen molar-refractivity contribution in [2.75, 3.05) is 12.0 Å².